The zero-order chi connectivity index (χ0) is 15.7. The molecule has 0 saturated carbocycles. The molecule has 0 radical (unpaired) electrons. The van der Waals surface area contributed by atoms with Crippen LogP contribution in [0, 0.1) is 5.92 Å². The molecular formula is C19H23NO2. The van der Waals surface area contributed by atoms with Crippen LogP contribution in [0.2, 0.25) is 0 Å². The molecule has 3 nitrogen and oxygen atoms in total. The van der Waals surface area contributed by atoms with Crippen LogP contribution in [-0.2, 0) is 21.4 Å². The zero-order valence-corrected chi connectivity index (χ0v) is 13.3. The monoisotopic (exact) mass is 297 g/mol. The number of carbonyl (C=O) groups is 1. The van der Waals surface area contributed by atoms with Crippen LogP contribution in [-0.4, -0.2) is 18.1 Å². The first-order valence-corrected chi connectivity index (χ1v) is 7.90. The second-order valence-electron chi connectivity index (χ2n) is 6.40. The lowest BCUT2D eigenvalue weighted by atomic mass is 9.65. The maximum absolute atomic E-state index is 12.3. The summed E-state index contributed by atoms with van der Waals surface area (Å²) in [6.45, 7) is 6.01. The SMILES string of the molecule is C=CCC(C(=O)OC)C1(C)CCCc2c1[nH]c1ccccc21. The molecule has 22 heavy (non-hydrogen) atoms. The Labute approximate surface area is 131 Å². The van der Waals surface area contributed by atoms with Gasteiger partial charge in [0.15, 0.2) is 0 Å². The number of hydrogen-bond donors (Lipinski definition) is 1. The van der Waals surface area contributed by atoms with Crippen molar-refractivity contribution < 1.29 is 9.53 Å². The van der Waals surface area contributed by atoms with Gasteiger partial charge in [0, 0.05) is 22.0 Å². The number of benzene rings is 1. The molecule has 3 heteroatoms. The Morgan fingerprint density at radius 2 is 2.27 bits per heavy atom. The summed E-state index contributed by atoms with van der Waals surface area (Å²) in [5.41, 5.74) is 3.50. The Kier molecular flexibility index (Phi) is 3.81. The van der Waals surface area contributed by atoms with Gasteiger partial charge in [-0.1, -0.05) is 31.2 Å². The first kappa shape index (κ1) is 14.9. The minimum atomic E-state index is -0.228. The van der Waals surface area contributed by atoms with E-state index in [4.69, 9.17) is 4.74 Å². The number of rotatable bonds is 4. The van der Waals surface area contributed by atoms with Crippen LogP contribution in [0.25, 0.3) is 10.9 Å². The Hall–Kier alpha value is -2.03. The highest BCUT2D eigenvalue weighted by atomic mass is 16.5. The summed E-state index contributed by atoms with van der Waals surface area (Å²) in [7, 11) is 1.47. The van der Waals surface area contributed by atoms with Crippen molar-refractivity contribution in [1.82, 2.24) is 4.98 Å². The van der Waals surface area contributed by atoms with Gasteiger partial charge in [0.1, 0.15) is 0 Å². The van der Waals surface area contributed by atoms with Gasteiger partial charge in [-0.25, -0.2) is 0 Å². The fraction of sp³-hybridized carbons (Fsp3) is 0.421. The molecule has 0 spiro atoms. The maximum atomic E-state index is 12.3. The molecule has 1 N–H and O–H groups in total. The van der Waals surface area contributed by atoms with Crippen molar-refractivity contribution >= 4 is 16.9 Å². The van der Waals surface area contributed by atoms with Crippen LogP contribution < -0.4 is 0 Å². The van der Waals surface area contributed by atoms with Crippen molar-refractivity contribution in [1.29, 1.82) is 0 Å². The van der Waals surface area contributed by atoms with E-state index in [9.17, 15) is 4.79 Å². The van der Waals surface area contributed by atoms with Crippen LogP contribution in [0.1, 0.15) is 37.4 Å². The molecule has 2 unspecified atom stereocenters. The standard InChI is InChI=1S/C19H23NO2/c1-4-8-15(18(21)22-3)19(2)12-7-10-14-13-9-5-6-11-16(13)20-17(14)19/h4-6,9,11,15,20H,1,7-8,10,12H2,2-3H3. The summed E-state index contributed by atoms with van der Waals surface area (Å²) in [6.07, 6.45) is 5.61. The van der Waals surface area contributed by atoms with E-state index in [1.54, 1.807) is 0 Å². The molecule has 1 aliphatic carbocycles. The molecule has 0 saturated heterocycles. The van der Waals surface area contributed by atoms with E-state index < -0.39 is 0 Å². The number of para-hydroxylation sites is 1. The summed E-state index contributed by atoms with van der Waals surface area (Å²) in [4.78, 5) is 15.9. The lowest BCUT2D eigenvalue weighted by Gasteiger charge is -2.39. The van der Waals surface area contributed by atoms with Gasteiger partial charge in [0.05, 0.1) is 13.0 Å². The number of H-pyrrole nitrogens is 1. The number of methoxy groups -OCH3 is 1. The molecule has 1 aromatic heterocycles. The number of fused-ring (bicyclic) bond motifs is 3. The average Bonchev–Trinajstić information content (AvgIpc) is 2.92. The molecule has 1 aliphatic rings. The van der Waals surface area contributed by atoms with E-state index in [-0.39, 0.29) is 17.3 Å². The number of aromatic nitrogens is 1. The van der Waals surface area contributed by atoms with Gasteiger partial charge in [0.25, 0.3) is 0 Å². The fourth-order valence-corrected chi connectivity index (χ4v) is 3.98. The van der Waals surface area contributed by atoms with Gasteiger partial charge >= 0.3 is 5.97 Å². The first-order chi connectivity index (χ1) is 10.6. The van der Waals surface area contributed by atoms with Gasteiger partial charge < -0.3 is 9.72 Å². The average molecular weight is 297 g/mol. The predicted octanol–water partition coefficient (Wildman–Crippen LogP) is 4.13. The summed E-state index contributed by atoms with van der Waals surface area (Å²) >= 11 is 0. The van der Waals surface area contributed by atoms with E-state index in [0.717, 1.165) is 24.8 Å². The number of nitrogens with one attached hydrogen (secondary N) is 1. The predicted molar refractivity (Wildman–Crippen MR) is 88.9 cm³/mol. The van der Waals surface area contributed by atoms with Crippen LogP contribution >= 0.6 is 0 Å². The van der Waals surface area contributed by atoms with Gasteiger partial charge in [-0.3, -0.25) is 4.79 Å². The third-order valence-corrected chi connectivity index (χ3v) is 5.16. The molecular weight excluding hydrogens is 274 g/mol. The van der Waals surface area contributed by atoms with Crippen molar-refractivity contribution in [2.24, 2.45) is 5.92 Å². The van der Waals surface area contributed by atoms with Gasteiger partial charge in [-0.15, -0.1) is 6.58 Å². The van der Waals surface area contributed by atoms with Crippen LogP contribution in [0.4, 0.5) is 0 Å². The lowest BCUT2D eigenvalue weighted by molar-refractivity contribution is -0.148. The second kappa shape index (κ2) is 5.64. The van der Waals surface area contributed by atoms with Crippen molar-refractivity contribution in [2.75, 3.05) is 7.11 Å². The Morgan fingerprint density at radius 1 is 1.50 bits per heavy atom. The normalized spacial score (nSPS) is 22.1. The number of esters is 1. The molecule has 116 valence electrons. The molecule has 0 amide bonds. The van der Waals surface area contributed by atoms with Crippen molar-refractivity contribution in [3.63, 3.8) is 0 Å². The first-order valence-electron chi connectivity index (χ1n) is 7.90. The summed E-state index contributed by atoms with van der Waals surface area (Å²) in [5, 5.41) is 1.28. The van der Waals surface area contributed by atoms with Gasteiger partial charge in [0.2, 0.25) is 0 Å². The molecule has 1 heterocycles. The third-order valence-electron chi connectivity index (χ3n) is 5.16. The summed E-state index contributed by atoms with van der Waals surface area (Å²) in [5.74, 6) is -0.337. The lowest BCUT2D eigenvalue weighted by Crippen LogP contribution is -2.40. The van der Waals surface area contributed by atoms with Crippen molar-refractivity contribution in [3.8, 4) is 0 Å². The number of carbonyl (C=O) groups excluding carboxylic acids is 1. The molecule has 0 aliphatic heterocycles. The number of aromatic amines is 1. The van der Waals surface area contributed by atoms with Crippen LogP contribution in [0.5, 0.6) is 0 Å². The number of hydrogen-bond acceptors (Lipinski definition) is 2. The number of ether oxygens (including phenoxy) is 1. The van der Waals surface area contributed by atoms with Crippen LogP contribution in [0.3, 0.4) is 0 Å². The zero-order valence-electron chi connectivity index (χ0n) is 13.3. The number of aryl methyl sites for hydroxylation is 1. The van der Waals surface area contributed by atoms with Crippen molar-refractivity contribution in [2.45, 2.75) is 38.0 Å². The minimum absolute atomic E-state index is 0.145. The van der Waals surface area contributed by atoms with E-state index in [2.05, 4.69) is 36.7 Å². The largest absolute Gasteiger partial charge is 0.469 e. The number of allylic oxidation sites excluding steroid dienone is 1. The molecule has 0 fully saturated rings. The third kappa shape index (κ3) is 2.16. The highest BCUT2D eigenvalue weighted by Crippen LogP contribution is 2.46. The highest BCUT2D eigenvalue weighted by molar-refractivity contribution is 5.86. The second-order valence-corrected chi connectivity index (χ2v) is 6.40. The summed E-state index contributed by atoms with van der Waals surface area (Å²) < 4.78 is 5.07. The quantitative estimate of drug-likeness (QED) is 0.681. The van der Waals surface area contributed by atoms with Crippen LogP contribution in [0.15, 0.2) is 36.9 Å². The topological polar surface area (TPSA) is 42.1 Å². The smallest absolute Gasteiger partial charge is 0.309 e. The van der Waals surface area contributed by atoms with Crippen molar-refractivity contribution in [3.05, 3.63) is 48.2 Å². The summed E-state index contributed by atoms with van der Waals surface area (Å²) in [6, 6.07) is 8.39. The molecule has 1 aromatic carbocycles. The fourth-order valence-electron chi connectivity index (χ4n) is 3.98. The highest BCUT2D eigenvalue weighted by Gasteiger charge is 2.44. The maximum Gasteiger partial charge on any atom is 0.309 e. The van der Waals surface area contributed by atoms with E-state index in [1.165, 1.54) is 23.8 Å². The molecule has 0 bridgehead atoms. The van der Waals surface area contributed by atoms with Gasteiger partial charge in [-0.2, -0.15) is 0 Å². The van der Waals surface area contributed by atoms with E-state index >= 15 is 0 Å². The minimum Gasteiger partial charge on any atom is -0.469 e. The molecule has 2 aromatic rings. The Bertz CT molecular complexity index is 715. The van der Waals surface area contributed by atoms with E-state index in [1.807, 2.05) is 12.1 Å². The molecule has 2 atom stereocenters. The van der Waals surface area contributed by atoms with Gasteiger partial charge in [-0.05, 0) is 37.3 Å². The Balaban J connectivity index is 2.16. The van der Waals surface area contributed by atoms with E-state index in [0.29, 0.717) is 6.42 Å². The Morgan fingerprint density at radius 3 is 3.00 bits per heavy atom. The molecule has 3 rings (SSSR count).